The summed E-state index contributed by atoms with van der Waals surface area (Å²) in [5.41, 5.74) is 11.2. The molecule has 2 bridgehead atoms. The number of phenols is 1. The van der Waals surface area contributed by atoms with E-state index in [1.54, 1.807) is 27.7 Å². The van der Waals surface area contributed by atoms with E-state index in [9.17, 15) is 65.2 Å². The molecule has 3 rings (SSSR count). The Kier molecular flexibility index (Phi) is 21.5. The zero-order valence-electron chi connectivity index (χ0n) is 39.1. The SMILES string of the molecule is CCC(C)C1NC(=O)C(Cc2ccc(O)c(Cl)c2)N(C)C(=O)C(C(C)CC)N2C(=O)C(CCC2O)NC(=O)C(CCCN=C(N)N)NC(=O)C(NC(=O)C(COS(=O)(=O)O)OS(=O)(=O)O)C(C)OC1=O. The van der Waals surface area contributed by atoms with Gasteiger partial charge in [-0.3, -0.25) is 42.9 Å². The van der Waals surface area contributed by atoms with Crippen molar-refractivity contribution in [2.45, 2.75) is 134 Å². The lowest BCUT2D eigenvalue weighted by Gasteiger charge is -2.44. The number of halogens is 1. The van der Waals surface area contributed by atoms with Gasteiger partial charge < -0.3 is 57.5 Å². The lowest BCUT2D eigenvalue weighted by atomic mass is 9.91. The number of nitrogens with two attached hydrogens (primary N) is 2. The van der Waals surface area contributed by atoms with E-state index in [-0.39, 0.29) is 68.2 Å². The second kappa shape index (κ2) is 25.6. The number of nitrogens with one attached hydrogen (secondary N) is 4. The highest BCUT2D eigenvalue weighted by molar-refractivity contribution is 7.81. The smallest absolute Gasteiger partial charge is 0.398 e. The number of phenolic OH excluding ortho intramolecular Hbond substituents is 1. The summed E-state index contributed by atoms with van der Waals surface area (Å²) in [6, 6.07) is -5.83. The molecule has 12 N–H and O–H groups in total. The molecular formula is C40H62ClN9O18S2. The molecule has 394 valence electrons. The number of rotatable bonds is 17. The van der Waals surface area contributed by atoms with Gasteiger partial charge in [-0.1, -0.05) is 58.2 Å². The number of cyclic esters (lactones) is 1. The number of aliphatic hydroxyl groups is 1. The second-order valence-corrected chi connectivity index (χ2v) is 19.4. The number of esters is 1. The molecule has 0 aliphatic carbocycles. The topological polar surface area (TPSA) is 415 Å². The first-order valence-electron chi connectivity index (χ1n) is 22.0. The minimum atomic E-state index is -5.60. The van der Waals surface area contributed by atoms with E-state index in [0.717, 1.165) is 16.7 Å². The van der Waals surface area contributed by atoms with E-state index in [1.807, 2.05) is 5.32 Å². The Bertz CT molecular complexity index is 2340. The molecule has 1 aromatic carbocycles. The highest BCUT2D eigenvalue weighted by atomic mass is 35.5. The van der Waals surface area contributed by atoms with Gasteiger partial charge in [0, 0.05) is 20.0 Å². The van der Waals surface area contributed by atoms with Crippen molar-refractivity contribution in [3.8, 4) is 5.75 Å². The fourth-order valence-electron chi connectivity index (χ4n) is 7.52. The van der Waals surface area contributed by atoms with Crippen molar-refractivity contribution < 1.29 is 82.8 Å². The maximum atomic E-state index is 14.9. The van der Waals surface area contributed by atoms with Crippen LogP contribution in [0.4, 0.5) is 0 Å². The van der Waals surface area contributed by atoms with Crippen molar-refractivity contribution in [3.63, 3.8) is 0 Å². The molecule has 2 aliphatic rings. The highest BCUT2D eigenvalue weighted by Gasteiger charge is 2.47. The van der Waals surface area contributed by atoms with Crippen LogP contribution in [0.15, 0.2) is 23.2 Å². The zero-order valence-corrected chi connectivity index (χ0v) is 41.5. The molecule has 1 aromatic rings. The summed E-state index contributed by atoms with van der Waals surface area (Å²) in [5, 5.41) is 31.0. The van der Waals surface area contributed by atoms with Crippen molar-refractivity contribution in [1.29, 1.82) is 0 Å². The molecule has 2 heterocycles. The number of carbonyl (C=O) groups is 7. The number of guanidine groups is 1. The number of nitrogens with zero attached hydrogens (tertiary/aromatic N) is 3. The van der Waals surface area contributed by atoms with E-state index < -0.39 is 135 Å². The van der Waals surface area contributed by atoms with E-state index >= 15 is 0 Å². The third-order valence-electron chi connectivity index (χ3n) is 11.8. The normalized spacial score (nSPS) is 26.0. The number of piperidine rings is 1. The first-order chi connectivity index (χ1) is 32.5. The number of aliphatic hydroxyl groups excluding tert-OH is 1. The van der Waals surface area contributed by atoms with Gasteiger partial charge in [-0.2, -0.15) is 16.8 Å². The minimum absolute atomic E-state index is 0.0245. The van der Waals surface area contributed by atoms with Crippen molar-refractivity contribution >= 4 is 79.8 Å². The summed E-state index contributed by atoms with van der Waals surface area (Å²) in [6.45, 7) is 5.89. The van der Waals surface area contributed by atoms with Crippen LogP contribution in [-0.4, -0.2) is 168 Å². The molecule has 0 spiro atoms. The van der Waals surface area contributed by atoms with Crippen LogP contribution in [0.5, 0.6) is 5.75 Å². The average molecular weight is 1060 g/mol. The summed E-state index contributed by atoms with van der Waals surface area (Å²) >= 11 is 6.21. The number of aromatic hydroxyl groups is 1. The Balaban J connectivity index is 2.31. The number of likely N-dealkylation sites (N-methyl/N-ethyl adjacent to an activating group) is 1. The molecule has 6 amide bonds. The van der Waals surface area contributed by atoms with Gasteiger partial charge in [-0.25, -0.2) is 13.2 Å². The average Bonchev–Trinajstić information content (AvgIpc) is 3.27. The van der Waals surface area contributed by atoms with E-state index in [4.69, 9.17) is 32.4 Å². The lowest BCUT2D eigenvalue weighted by Crippen LogP contribution is -2.66. The molecule has 2 fully saturated rings. The Labute approximate surface area is 409 Å². The quantitative estimate of drug-likeness (QED) is 0.0259. The summed E-state index contributed by atoms with van der Waals surface area (Å²) in [5.74, 6) is -10.1. The third kappa shape index (κ3) is 16.9. The Hall–Kier alpha value is -5.43. The number of aliphatic imine (C=N–C) groups is 1. The van der Waals surface area contributed by atoms with E-state index in [0.29, 0.717) is 5.56 Å². The number of amides is 6. The first kappa shape index (κ1) is 58.9. The minimum Gasteiger partial charge on any atom is -0.506 e. The molecule has 30 heteroatoms. The molecule has 70 heavy (non-hydrogen) atoms. The summed E-state index contributed by atoms with van der Waals surface area (Å²) in [4.78, 5) is 106. The predicted octanol–water partition coefficient (Wildman–Crippen LogP) is -2.24. The van der Waals surface area contributed by atoms with Crippen molar-refractivity contribution in [2.24, 2.45) is 28.3 Å². The summed E-state index contributed by atoms with van der Waals surface area (Å²) in [6.07, 6.45) is -6.60. The van der Waals surface area contributed by atoms with Gasteiger partial charge in [0.25, 0.3) is 5.91 Å². The molecule has 0 saturated carbocycles. The molecule has 27 nitrogen and oxygen atoms in total. The molecule has 11 unspecified atom stereocenters. The maximum absolute atomic E-state index is 14.9. The number of ether oxygens (including phenoxy) is 1. The Morgan fingerprint density at radius 1 is 0.957 bits per heavy atom. The largest absolute Gasteiger partial charge is 0.506 e. The van der Waals surface area contributed by atoms with Crippen LogP contribution < -0.4 is 32.7 Å². The molecule has 2 aliphatic heterocycles. The van der Waals surface area contributed by atoms with Gasteiger partial charge in [0.2, 0.25) is 29.5 Å². The lowest BCUT2D eigenvalue weighted by molar-refractivity contribution is -0.168. The molecular weight excluding hydrogens is 994 g/mol. The molecule has 0 aromatic heterocycles. The Morgan fingerprint density at radius 2 is 1.60 bits per heavy atom. The van der Waals surface area contributed by atoms with Crippen LogP contribution in [0.25, 0.3) is 0 Å². The van der Waals surface area contributed by atoms with Gasteiger partial charge >= 0.3 is 26.8 Å². The monoisotopic (exact) mass is 1060 g/mol. The molecule has 11 atom stereocenters. The second-order valence-electron chi connectivity index (χ2n) is 16.9. The summed E-state index contributed by atoms with van der Waals surface area (Å²) in [7, 11) is -9.72. The molecule has 0 radical (unpaired) electrons. The van der Waals surface area contributed by atoms with Crippen LogP contribution in [0.3, 0.4) is 0 Å². The maximum Gasteiger partial charge on any atom is 0.398 e. The van der Waals surface area contributed by atoms with Gasteiger partial charge in [0.1, 0.15) is 60.9 Å². The van der Waals surface area contributed by atoms with E-state index in [2.05, 4.69) is 29.3 Å². The van der Waals surface area contributed by atoms with Crippen LogP contribution in [-0.2, 0) is 73.9 Å². The van der Waals surface area contributed by atoms with Crippen molar-refractivity contribution in [3.05, 3.63) is 28.8 Å². The zero-order chi connectivity index (χ0) is 53.0. The van der Waals surface area contributed by atoms with Gasteiger partial charge in [-0.15, -0.1) is 0 Å². The van der Waals surface area contributed by atoms with Gasteiger partial charge in [0.05, 0.1) is 5.02 Å². The highest BCUT2D eigenvalue weighted by Crippen LogP contribution is 2.29. The molecule has 2 saturated heterocycles. The van der Waals surface area contributed by atoms with Crippen LogP contribution >= 0.6 is 11.6 Å². The predicted molar refractivity (Wildman–Crippen MR) is 245 cm³/mol. The number of benzene rings is 1. The standard InChI is InChI=1S/C40H62ClN9O18S2/c1-7-19(3)30-39(59)67-21(5)31(48-35(55)28(68-70(63,64)65)18-66-69(60,61)62)36(56)45-24(10-9-15-44-40(42)43)33(53)46-25-12-14-29(52)50(37(25)57)32(20(4)8-2)38(58)49(6)26(34(54)47-30)17-22-11-13-27(51)23(41)16-22/h11,13,16,19-21,24-26,28-32,51-52H,7-10,12,14-15,17-18H2,1-6H3,(H,45,56)(H,46,53)(H,47,54)(H,48,55)(H4,42,43,44)(H,60,61,62)(H,63,64,65). The fraction of sp³-hybridized carbons (Fsp3) is 0.650. The third-order valence-corrected chi connectivity index (χ3v) is 13.0. The number of hydrogen-bond donors (Lipinski definition) is 10. The van der Waals surface area contributed by atoms with Crippen LogP contribution in [0, 0.1) is 11.8 Å². The fourth-order valence-corrected chi connectivity index (χ4v) is 8.46. The van der Waals surface area contributed by atoms with Crippen molar-refractivity contribution in [2.75, 3.05) is 20.2 Å². The Morgan fingerprint density at radius 3 is 2.17 bits per heavy atom. The van der Waals surface area contributed by atoms with Gasteiger partial charge in [-0.05, 0) is 62.1 Å². The van der Waals surface area contributed by atoms with E-state index in [1.165, 1.54) is 25.2 Å². The first-order valence-corrected chi connectivity index (χ1v) is 25.1. The van der Waals surface area contributed by atoms with Gasteiger partial charge in [0.15, 0.2) is 12.1 Å². The number of fused-ring (bicyclic) bond motifs is 2. The summed E-state index contributed by atoms with van der Waals surface area (Å²) < 4.78 is 78.6. The van der Waals surface area contributed by atoms with Crippen molar-refractivity contribution in [1.82, 2.24) is 31.1 Å². The van der Waals surface area contributed by atoms with Crippen LogP contribution in [0.2, 0.25) is 5.02 Å². The van der Waals surface area contributed by atoms with Crippen LogP contribution in [0.1, 0.15) is 78.7 Å². The number of carbonyl (C=O) groups excluding carboxylic acids is 7. The number of hydrogen-bond acceptors (Lipinski definition) is 17.